The number of allylic oxidation sites excluding steroid dienone is 2. The molecule has 6 nitrogen and oxygen atoms in total. The minimum Gasteiger partial charge on any atom is -0.466 e. The van der Waals surface area contributed by atoms with Gasteiger partial charge in [-0.2, -0.15) is 0 Å². The highest BCUT2D eigenvalue weighted by Crippen LogP contribution is 2.17. The molecule has 0 radical (unpaired) electrons. The first-order chi connectivity index (χ1) is 30.5. The summed E-state index contributed by atoms with van der Waals surface area (Å²) in [5.74, 6) is -0.0929. The first-order valence-electron chi connectivity index (χ1n) is 27.9. The van der Waals surface area contributed by atoms with E-state index >= 15 is 0 Å². The molecule has 62 heavy (non-hydrogen) atoms. The van der Waals surface area contributed by atoms with Crippen LogP contribution in [-0.2, 0) is 14.3 Å². The molecule has 0 aliphatic carbocycles. The fourth-order valence-corrected chi connectivity index (χ4v) is 8.75. The molecule has 0 rings (SSSR count). The molecular formula is C56H109NO5. The number of nitrogens with one attached hydrogen (secondary N) is 1. The zero-order valence-electron chi connectivity index (χ0n) is 41.9. The average molecular weight is 876 g/mol. The number of amides is 1. The van der Waals surface area contributed by atoms with Gasteiger partial charge in [0.2, 0.25) is 5.91 Å². The number of esters is 1. The highest BCUT2D eigenvalue weighted by atomic mass is 16.5. The minimum atomic E-state index is -0.682. The molecule has 2 atom stereocenters. The number of carbonyl (C=O) groups is 2. The van der Waals surface area contributed by atoms with Crippen molar-refractivity contribution in [3.63, 3.8) is 0 Å². The van der Waals surface area contributed by atoms with Crippen LogP contribution in [0.2, 0.25) is 0 Å². The molecule has 6 heteroatoms. The van der Waals surface area contributed by atoms with Gasteiger partial charge in [-0.05, 0) is 51.4 Å². The number of aliphatic hydroxyl groups is 2. The predicted octanol–water partition coefficient (Wildman–Crippen LogP) is 16.9. The van der Waals surface area contributed by atoms with E-state index in [1.807, 2.05) is 0 Å². The number of hydrogen-bond acceptors (Lipinski definition) is 5. The van der Waals surface area contributed by atoms with E-state index < -0.39 is 12.1 Å². The van der Waals surface area contributed by atoms with Crippen molar-refractivity contribution in [1.29, 1.82) is 0 Å². The van der Waals surface area contributed by atoms with E-state index in [0.29, 0.717) is 25.9 Å². The number of rotatable bonds is 52. The van der Waals surface area contributed by atoms with E-state index in [0.717, 1.165) is 57.8 Å². The third kappa shape index (κ3) is 48.1. The summed E-state index contributed by atoms with van der Waals surface area (Å²) >= 11 is 0. The molecule has 1 amide bonds. The van der Waals surface area contributed by atoms with Crippen molar-refractivity contribution in [2.45, 2.75) is 321 Å². The Morgan fingerprint density at radius 2 is 0.758 bits per heavy atom. The Kier molecular flexibility index (Phi) is 51.0. The van der Waals surface area contributed by atoms with Crippen LogP contribution in [0.5, 0.6) is 0 Å². The van der Waals surface area contributed by atoms with Gasteiger partial charge in [-0.3, -0.25) is 9.59 Å². The van der Waals surface area contributed by atoms with Crippen LogP contribution in [0.15, 0.2) is 12.2 Å². The summed E-state index contributed by atoms with van der Waals surface area (Å²) in [6.45, 7) is 4.89. The number of carbonyl (C=O) groups excluding carboxylic acids is 2. The topological polar surface area (TPSA) is 95.9 Å². The molecule has 0 heterocycles. The van der Waals surface area contributed by atoms with E-state index in [4.69, 9.17) is 4.74 Å². The largest absolute Gasteiger partial charge is 0.466 e. The second-order valence-corrected chi connectivity index (χ2v) is 19.3. The maximum atomic E-state index is 12.5. The van der Waals surface area contributed by atoms with E-state index in [1.165, 1.54) is 218 Å². The Hall–Kier alpha value is -1.40. The third-order valence-corrected chi connectivity index (χ3v) is 13.1. The zero-order chi connectivity index (χ0) is 45.1. The van der Waals surface area contributed by atoms with Crippen LogP contribution in [0.1, 0.15) is 309 Å². The molecule has 0 fully saturated rings. The molecule has 0 aromatic heterocycles. The van der Waals surface area contributed by atoms with E-state index in [9.17, 15) is 19.8 Å². The van der Waals surface area contributed by atoms with Gasteiger partial charge in [-0.15, -0.1) is 0 Å². The quantitative estimate of drug-likeness (QED) is 0.0321. The first kappa shape index (κ1) is 60.6. The Morgan fingerprint density at radius 1 is 0.435 bits per heavy atom. The lowest BCUT2D eigenvalue weighted by atomic mass is 10.0. The van der Waals surface area contributed by atoms with Gasteiger partial charge in [0.05, 0.1) is 25.4 Å². The van der Waals surface area contributed by atoms with Crippen LogP contribution < -0.4 is 5.32 Å². The Morgan fingerprint density at radius 3 is 1.16 bits per heavy atom. The second kappa shape index (κ2) is 52.2. The molecule has 0 spiro atoms. The molecule has 0 aliphatic heterocycles. The maximum absolute atomic E-state index is 12.5. The summed E-state index contributed by atoms with van der Waals surface area (Å²) in [5, 5.41) is 23.3. The molecule has 0 bridgehead atoms. The number of ether oxygens (including phenoxy) is 1. The van der Waals surface area contributed by atoms with Crippen molar-refractivity contribution in [3.8, 4) is 0 Å². The van der Waals surface area contributed by atoms with Gasteiger partial charge in [0.25, 0.3) is 0 Å². The van der Waals surface area contributed by atoms with Crippen LogP contribution in [0.4, 0.5) is 0 Å². The maximum Gasteiger partial charge on any atom is 0.305 e. The summed E-state index contributed by atoms with van der Waals surface area (Å²) in [6, 6.07) is -0.562. The SMILES string of the molecule is CCCCCC/C=C\CCCCCCCC(=O)OCCCCCCCCCCCC(=O)NC(CO)C(O)CCCCCCCCCCCCCCCCCCCCCCCCC. The summed E-state index contributed by atoms with van der Waals surface area (Å²) in [5.41, 5.74) is 0. The number of unbranched alkanes of at least 4 members (excludes halogenated alkanes) is 39. The number of aliphatic hydroxyl groups excluding tert-OH is 2. The van der Waals surface area contributed by atoms with Crippen molar-refractivity contribution < 1.29 is 24.5 Å². The Bertz CT molecular complexity index is 924. The average Bonchev–Trinajstić information content (AvgIpc) is 3.27. The molecule has 0 aliphatic rings. The lowest BCUT2D eigenvalue weighted by Gasteiger charge is -2.22. The van der Waals surface area contributed by atoms with Crippen LogP contribution >= 0.6 is 0 Å². The second-order valence-electron chi connectivity index (χ2n) is 19.3. The van der Waals surface area contributed by atoms with Crippen LogP contribution in [0, 0.1) is 0 Å². The summed E-state index contributed by atoms with van der Waals surface area (Å²) in [7, 11) is 0. The lowest BCUT2D eigenvalue weighted by Crippen LogP contribution is -2.45. The summed E-state index contributed by atoms with van der Waals surface area (Å²) < 4.78 is 5.44. The van der Waals surface area contributed by atoms with Crippen LogP contribution in [-0.4, -0.2) is 47.4 Å². The fraction of sp³-hybridized carbons (Fsp3) is 0.929. The van der Waals surface area contributed by atoms with Gasteiger partial charge in [-0.1, -0.05) is 257 Å². The summed E-state index contributed by atoms with van der Waals surface area (Å²) in [4.78, 5) is 24.5. The molecule has 0 saturated heterocycles. The van der Waals surface area contributed by atoms with Crippen molar-refractivity contribution in [1.82, 2.24) is 5.32 Å². The third-order valence-electron chi connectivity index (χ3n) is 13.1. The molecule has 2 unspecified atom stereocenters. The van der Waals surface area contributed by atoms with Crippen molar-refractivity contribution >= 4 is 11.9 Å². The van der Waals surface area contributed by atoms with Crippen molar-refractivity contribution in [3.05, 3.63) is 12.2 Å². The first-order valence-corrected chi connectivity index (χ1v) is 27.9. The number of hydrogen-bond donors (Lipinski definition) is 3. The molecule has 368 valence electrons. The standard InChI is InChI=1S/C56H109NO5/c1-3-5-7-9-11-13-15-17-18-19-20-21-22-23-24-25-26-28-29-32-36-40-44-48-54(59)53(52-58)57-55(60)49-45-41-37-33-31-35-39-43-47-51-62-56(61)50-46-42-38-34-30-27-16-14-12-10-8-6-4-2/h14,16,53-54,58-59H,3-13,15,17-52H2,1-2H3,(H,57,60)/b16-14-. The Balaban J connectivity index is 3.47. The van der Waals surface area contributed by atoms with Gasteiger partial charge in [-0.25, -0.2) is 0 Å². The predicted molar refractivity (Wildman–Crippen MR) is 269 cm³/mol. The van der Waals surface area contributed by atoms with E-state index in [-0.39, 0.29) is 18.5 Å². The van der Waals surface area contributed by atoms with Gasteiger partial charge in [0, 0.05) is 12.8 Å². The molecular weight excluding hydrogens is 767 g/mol. The molecule has 3 N–H and O–H groups in total. The fourth-order valence-electron chi connectivity index (χ4n) is 8.75. The monoisotopic (exact) mass is 876 g/mol. The Labute approximate surface area is 387 Å². The molecule has 0 aromatic rings. The van der Waals surface area contributed by atoms with Gasteiger partial charge < -0.3 is 20.3 Å². The van der Waals surface area contributed by atoms with Crippen LogP contribution in [0.25, 0.3) is 0 Å². The summed E-state index contributed by atoms with van der Waals surface area (Å²) in [6.07, 6.45) is 60.5. The van der Waals surface area contributed by atoms with Crippen molar-refractivity contribution in [2.24, 2.45) is 0 Å². The van der Waals surface area contributed by atoms with Crippen molar-refractivity contribution in [2.75, 3.05) is 13.2 Å². The molecule has 0 aromatic carbocycles. The minimum absolute atomic E-state index is 0.0331. The van der Waals surface area contributed by atoms with E-state index in [1.54, 1.807) is 0 Å². The highest BCUT2D eigenvalue weighted by Gasteiger charge is 2.20. The normalized spacial score (nSPS) is 12.6. The smallest absolute Gasteiger partial charge is 0.305 e. The van der Waals surface area contributed by atoms with Gasteiger partial charge in [0.15, 0.2) is 0 Å². The zero-order valence-corrected chi connectivity index (χ0v) is 41.9. The van der Waals surface area contributed by atoms with Crippen LogP contribution in [0.3, 0.4) is 0 Å². The van der Waals surface area contributed by atoms with Gasteiger partial charge >= 0.3 is 5.97 Å². The highest BCUT2D eigenvalue weighted by molar-refractivity contribution is 5.76. The molecule has 0 saturated carbocycles. The lowest BCUT2D eigenvalue weighted by molar-refractivity contribution is -0.143. The van der Waals surface area contributed by atoms with Gasteiger partial charge in [0.1, 0.15) is 0 Å². The van der Waals surface area contributed by atoms with E-state index in [2.05, 4.69) is 31.3 Å².